The normalized spacial score (nSPS) is 10.4. The fourth-order valence-electron chi connectivity index (χ4n) is 1.64. The maximum atomic E-state index is 11.6. The van der Waals surface area contributed by atoms with E-state index >= 15 is 0 Å². The topological polar surface area (TPSA) is 32.9 Å². The Morgan fingerprint density at radius 2 is 2.13 bits per heavy atom. The Balaban J connectivity index is 2.52. The molecule has 0 spiro atoms. The molecule has 0 aliphatic rings. The van der Waals surface area contributed by atoms with Gasteiger partial charge in [-0.2, -0.15) is 0 Å². The van der Waals surface area contributed by atoms with E-state index in [0.29, 0.717) is 0 Å². The van der Waals surface area contributed by atoms with Gasteiger partial charge in [0.15, 0.2) is 0 Å². The molecule has 0 unspecified atom stereocenters. The number of aryl methyl sites for hydroxylation is 1. The van der Waals surface area contributed by atoms with Gasteiger partial charge in [-0.15, -0.1) is 6.58 Å². The van der Waals surface area contributed by atoms with Crippen LogP contribution in [0.2, 0.25) is 0 Å². The molecule has 0 atom stereocenters. The van der Waals surface area contributed by atoms with Gasteiger partial charge < -0.3 is 4.98 Å². The average molecular weight is 199 g/mol. The first-order chi connectivity index (χ1) is 7.31. The van der Waals surface area contributed by atoms with Crippen LogP contribution in [-0.2, 0) is 6.42 Å². The van der Waals surface area contributed by atoms with E-state index in [-0.39, 0.29) is 5.56 Å². The lowest BCUT2D eigenvalue weighted by molar-refractivity contribution is 0.977. The zero-order valence-corrected chi connectivity index (χ0v) is 8.49. The van der Waals surface area contributed by atoms with Crippen molar-refractivity contribution in [2.24, 2.45) is 0 Å². The molecule has 15 heavy (non-hydrogen) atoms. The minimum atomic E-state index is 0.00977. The van der Waals surface area contributed by atoms with Gasteiger partial charge in [-0.25, -0.2) is 0 Å². The lowest BCUT2D eigenvalue weighted by atomic mass is 10.1. The molecule has 2 aromatic rings. The predicted octanol–water partition coefficient (Wildman–Crippen LogP) is 2.65. The molecule has 0 saturated carbocycles. The van der Waals surface area contributed by atoms with Gasteiger partial charge >= 0.3 is 0 Å². The van der Waals surface area contributed by atoms with Crippen molar-refractivity contribution in [3.63, 3.8) is 0 Å². The van der Waals surface area contributed by atoms with Gasteiger partial charge in [-0.05, 0) is 30.4 Å². The molecule has 2 nitrogen and oxygen atoms in total. The summed E-state index contributed by atoms with van der Waals surface area (Å²) in [4.78, 5) is 14.5. The molecule has 1 aromatic carbocycles. The third kappa shape index (κ3) is 1.99. The van der Waals surface area contributed by atoms with Gasteiger partial charge in [0.05, 0.1) is 0 Å². The first-order valence-electron chi connectivity index (χ1n) is 5.03. The van der Waals surface area contributed by atoms with E-state index in [2.05, 4.69) is 11.6 Å². The molecular weight excluding hydrogens is 186 g/mol. The first kappa shape index (κ1) is 9.71. The Bertz CT molecular complexity index is 539. The minimum Gasteiger partial charge on any atom is -0.322 e. The number of nitrogens with one attached hydrogen (secondary N) is 1. The molecule has 1 aromatic heterocycles. The highest BCUT2D eigenvalue weighted by Gasteiger charge is 2.00. The number of hydrogen-bond donors (Lipinski definition) is 1. The molecular formula is C13H13NO. The summed E-state index contributed by atoms with van der Waals surface area (Å²) >= 11 is 0. The van der Waals surface area contributed by atoms with Gasteiger partial charge in [0.1, 0.15) is 0 Å². The zero-order chi connectivity index (χ0) is 10.7. The van der Waals surface area contributed by atoms with Crippen molar-refractivity contribution in [3.8, 4) is 0 Å². The summed E-state index contributed by atoms with van der Waals surface area (Å²) in [5, 5.41) is 1.08. The highest BCUT2D eigenvalue weighted by molar-refractivity contribution is 5.78. The average Bonchev–Trinajstić information content (AvgIpc) is 2.26. The number of aromatic nitrogens is 1. The summed E-state index contributed by atoms with van der Waals surface area (Å²) in [5.74, 6) is 0. The second-order valence-electron chi connectivity index (χ2n) is 3.54. The molecule has 1 heterocycles. The zero-order valence-electron chi connectivity index (χ0n) is 8.49. The number of rotatable bonds is 3. The van der Waals surface area contributed by atoms with Crippen molar-refractivity contribution in [2.45, 2.75) is 12.8 Å². The molecule has 0 amide bonds. The summed E-state index contributed by atoms with van der Waals surface area (Å²) in [6.45, 7) is 3.66. The summed E-state index contributed by atoms with van der Waals surface area (Å²) in [6, 6.07) is 9.76. The molecule has 76 valence electrons. The molecule has 0 saturated heterocycles. The van der Waals surface area contributed by atoms with E-state index in [0.717, 1.165) is 29.3 Å². The Morgan fingerprint density at radius 3 is 2.93 bits per heavy atom. The monoisotopic (exact) mass is 199 g/mol. The Morgan fingerprint density at radius 1 is 1.33 bits per heavy atom. The number of para-hydroxylation sites is 1. The molecule has 0 fully saturated rings. The standard InChI is InChI=1S/C13H13NO/c1-2-3-6-11-9-10-7-4-5-8-12(10)14-13(11)15/h2,4-5,7-9H,1,3,6H2,(H,14,15). The summed E-state index contributed by atoms with van der Waals surface area (Å²) in [7, 11) is 0. The molecule has 0 radical (unpaired) electrons. The van der Waals surface area contributed by atoms with Crippen molar-refractivity contribution >= 4 is 10.9 Å². The smallest absolute Gasteiger partial charge is 0.251 e. The number of hydrogen-bond acceptors (Lipinski definition) is 1. The number of pyridine rings is 1. The summed E-state index contributed by atoms with van der Waals surface area (Å²) < 4.78 is 0. The quantitative estimate of drug-likeness (QED) is 0.757. The van der Waals surface area contributed by atoms with E-state index in [1.54, 1.807) is 0 Å². The molecule has 0 bridgehead atoms. The summed E-state index contributed by atoms with van der Waals surface area (Å²) in [5.41, 5.74) is 1.73. The van der Waals surface area contributed by atoms with Gasteiger partial charge in [0, 0.05) is 11.1 Å². The lowest BCUT2D eigenvalue weighted by Crippen LogP contribution is -2.11. The molecule has 2 heteroatoms. The van der Waals surface area contributed by atoms with Crippen molar-refractivity contribution in [1.29, 1.82) is 0 Å². The van der Waals surface area contributed by atoms with Crippen molar-refractivity contribution in [1.82, 2.24) is 4.98 Å². The Hall–Kier alpha value is -1.83. The molecule has 1 N–H and O–H groups in total. The molecule has 0 aliphatic heterocycles. The van der Waals surface area contributed by atoms with Gasteiger partial charge in [0.2, 0.25) is 0 Å². The lowest BCUT2D eigenvalue weighted by Gasteiger charge is -2.01. The van der Waals surface area contributed by atoms with E-state index in [9.17, 15) is 4.79 Å². The number of fused-ring (bicyclic) bond motifs is 1. The van der Waals surface area contributed by atoms with Crippen LogP contribution in [0.25, 0.3) is 10.9 Å². The molecule has 0 aliphatic carbocycles. The highest BCUT2D eigenvalue weighted by atomic mass is 16.1. The van der Waals surface area contributed by atoms with Crippen molar-refractivity contribution in [2.75, 3.05) is 0 Å². The van der Waals surface area contributed by atoms with Crippen LogP contribution in [-0.4, -0.2) is 4.98 Å². The predicted molar refractivity (Wildman–Crippen MR) is 63.1 cm³/mol. The van der Waals surface area contributed by atoms with Gasteiger partial charge in [0.25, 0.3) is 5.56 Å². The SMILES string of the molecule is C=CCCc1cc2ccccc2[nH]c1=O. The summed E-state index contributed by atoms with van der Waals surface area (Å²) in [6.07, 6.45) is 3.42. The van der Waals surface area contributed by atoms with Crippen LogP contribution in [0.15, 0.2) is 47.8 Å². The van der Waals surface area contributed by atoms with Crippen LogP contribution in [0.5, 0.6) is 0 Å². The first-order valence-corrected chi connectivity index (χ1v) is 5.03. The second kappa shape index (κ2) is 4.13. The largest absolute Gasteiger partial charge is 0.322 e. The Labute approximate surface area is 88.3 Å². The fraction of sp³-hybridized carbons (Fsp3) is 0.154. The van der Waals surface area contributed by atoms with Crippen LogP contribution in [0.1, 0.15) is 12.0 Å². The Kier molecular flexibility index (Phi) is 2.68. The van der Waals surface area contributed by atoms with Crippen LogP contribution in [0.3, 0.4) is 0 Å². The van der Waals surface area contributed by atoms with E-state index in [1.165, 1.54) is 0 Å². The molecule has 2 rings (SSSR count). The van der Waals surface area contributed by atoms with Crippen LogP contribution >= 0.6 is 0 Å². The van der Waals surface area contributed by atoms with Crippen LogP contribution < -0.4 is 5.56 Å². The minimum absolute atomic E-state index is 0.00977. The fourth-order valence-corrected chi connectivity index (χ4v) is 1.64. The van der Waals surface area contributed by atoms with Crippen LogP contribution in [0, 0.1) is 0 Å². The van der Waals surface area contributed by atoms with Crippen molar-refractivity contribution < 1.29 is 0 Å². The third-order valence-electron chi connectivity index (χ3n) is 2.45. The van der Waals surface area contributed by atoms with E-state index < -0.39 is 0 Å². The van der Waals surface area contributed by atoms with Gasteiger partial charge in [-0.3, -0.25) is 4.79 Å². The number of allylic oxidation sites excluding steroid dienone is 1. The highest BCUT2D eigenvalue weighted by Crippen LogP contribution is 2.10. The van der Waals surface area contributed by atoms with Crippen molar-refractivity contribution in [3.05, 3.63) is 58.9 Å². The van der Waals surface area contributed by atoms with Gasteiger partial charge in [-0.1, -0.05) is 24.3 Å². The maximum Gasteiger partial charge on any atom is 0.251 e. The van der Waals surface area contributed by atoms with E-state index in [4.69, 9.17) is 0 Å². The third-order valence-corrected chi connectivity index (χ3v) is 2.45. The van der Waals surface area contributed by atoms with E-state index in [1.807, 2.05) is 36.4 Å². The number of H-pyrrole nitrogens is 1. The maximum absolute atomic E-state index is 11.6. The number of aromatic amines is 1. The number of benzene rings is 1. The second-order valence-corrected chi connectivity index (χ2v) is 3.54. The van der Waals surface area contributed by atoms with Crippen LogP contribution in [0.4, 0.5) is 0 Å².